The molecule has 2 heterocycles. The van der Waals surface area contributed by atoms with Crippen LogP contribution in [0.2, 0.25) is 0 Å². The van der Waals surface area contributed by atoms with Gasteiger partial charge in [-0.05, 0) is 26.3 Å². The van der Waals surface area contributed by atoms with Gasteiger partial charge >= 0.3 is 0 Å². The smallest absolute Gasteiger partial charge is 0.225 e. The molecule has 2 unspecified atom stereocenters. The summed E-state index contributed by atoms with van der Waals surface area (Å²) in [6.45, 7) is 5.69. The molecular weight excluding hydrogens is 204 g/mol. The fraction of sp³-hybridized carbons (Fsp3) is 0.917. The van der Waals surface area contributed by atoms with Gasteiger partial charge < -0.3 is 10.0 Å². The van der Waals surface area contributed by atoms with E-state index in [-0.39, 0.29) is 5.91 Å². The van der Waals surface area contributed by atoms with Crippen LogP contribution in [0.4, 0.5) is 0 Å². The van der Waals surface area contributed by atoms with Gasteiger partial charge in [0.15, 0.2) is 0 Å². The number of hydrogen-bond donors (Lipinski definition) is 1. The van der Waals surface area contributed by atoms with E-state index in [2.05, 4.69) is 11.8 Å². The number of rotatable bonds is 3. The largest absolute Gasteiger partial charge is 0.391 e. The average Bonchev–Trinajstić information content (AvgIpc) is 2.56. The van der Waals surface area contributed by atoms with Crippen molar-refractivity contribution in [1.82, 2.24) is 9.80 Å². The number of hydrogen-bond acceptors (Lipinski definition) is 3. The predicted octanol–water partition coefficient (Wildman–Crippen LogP) is 0.454. The SMILES string of the molecule is CC1CCCCN1CCN1CC(O)CC1=O. The minimum atomic E-state index is -0.439. The van der Waals surface area contributed by atoms with Crippen molar-refractivity contribution in [3.05, 3.63) is 0 Å². The van der Waals surface area contributed by atoms with Crippen LogP contribution in [0.1, 0.15) is 32.6 Å². The van der Waals surface area contributed by atoms with Gasteiger partial charge in [0.2, 0.25) is 5.91 Å². The average molecular weight is 226 g/mol. The molecule has 0 radical (unpaired) electrons. The molecule has 0 aromatic rings. The quantitative estimate of drug-likeness (QED) is 0.760. The summed E-state index contributed by atoms with van der Waals surface area (Å²) >= 11 is 0. The standard InChI is InChI=1S/C12H22N2O2/c1-10-4-2-3-5-13(10)6-7-14-9-11(15)8-12(14)16/h10-11,15H,2-9H2,1H3. The van der Waals surface area contributed by atoms with Crippen molar-refractivity contribution in [2.75, 3.05) is 26.2 Å². The second kappa shape index (κ2) is 5.15. The molecule has 2 saturated heterocycles. The van der Waals surface area contributed by atoms with Crippen molar-refractivity contribution in [2.24, 2.45) is 0 Å². The fourth-order valence-electron chi connectivity index (χ4n) is 2.71. The Morgan fingerprint density at radius 3 is 2.81 bits per heavy atom. The molecule has 2 aliphatic heterocycles. The van der Waals surface area contributed by atoms with Gasteiger partial charge in [0.1, 0.15) is 0 Å². The highest BCUT2D eigenvalue weighted by Crippen LogP contribution is 2.17. The molecule has 0 aromatic heterocycles. The van der Waals surface area contributed by atoms with Gasteiger partial charge in [-0.2, -0.15) is 0 Å². The second-order valence-corrected chi connectivity index (χ2v) is 5.08. The molecule has 0 aromatic carbocycles. The summed E-state index contributed by atoms with van der Waals surface area (Å²) in [5, 5.41) is 9.38. The Bertz CT molecular complexity index is 257. The van der Waals surface area contributed by atoms with Crippen molar-refractivity contribution in [3.63, 3.8) is 0 Å². The number of nitrogens with zero attached hydrogens (tertiary/aromatic N) is 2. The first-order chi connectivity index (χ1) is 7.66. The molecule has 2 atom stereocenters. The molecule has 2 aliphatic rings. The molecule has 4 heteroatoms. The van der Waals surface area contributed by atoms with Crippen LogP contribution >= 0.6 is 0 Å². The first-order valence-electron chi connectivity index (χ1n) is 6.36. The van der Waals surface area contributed by atoms with Gasteiger partial charge in [-0.1, -0.05) is 6.42 Å². The van der Waals surface area contributed by atoms with E-state index in [1.807, 2.05) is 0 Å². The van der Waals surface area contributed by atoms with E-state index < -0.39 is 6.10 Å². The molecule has 16 heavy (non-hydrogen) atoms. The topological polar surface area (TPSA) is 43.8 Å². The summed E-state index contributed by atoms with van der Waals surface area (Å²) in [5.74, 6) is 0.108. The Balaban J connectivity index is 1.76. The fourth-order valence-corrected chi connectivity index (χ4v) is 2.71. The zero-order valence-corrected chi connectivity index (χ0v) is 10.1. The Labute approximate surface area is 97.2 Å². The lowest BCUT2D eigenvalue weighted by Gasteiger charge is -2.34. The maximum absolute atomic E-state index is 11.5. The third kappa shape index (κ3) is 2.74. The third-order valence-electron chi connectivity index (χ3n) is 3.79. The summed E-state index contributed by atoms with van der Waals surface area (Å²) in [7, 11) is 0. The highest BCUT2D eigenvalue weighted by atomic mass is 16.3. The number of β-amino-alcohol motifs (C(OH)–C–C–N with tert-alkyl or cyclic N) is 1. The zero-order valence-electron chi connectivity index (χ0n) is 10.1. The van der Waals surface area contributed by atoms with Gasteiger partial charge in [-0.3, -0.25) is 9.69 Å². The number of piperidine rings is 1. The van der Waals surface area contributed by atoms with Gasteiger partial charge in [0.25, 0.3) is 0 Å². The molecular formula is C12H22N2O2. The van der Waals surface area contributed by atoms with Crippen LogP contribution in [-0.4, -0.2) is 59.1 Å². The lowest BCUT2D eigenvalue weighted by Crippen LogP contribution is -2.43. The van der Waals surface area contributed by atoms with Crippen LogP contribution in [0.25, 0.3) is 0 Å². The monoisotopic (exact) mass is 226 g/mol. The first kappa shape index (κ1) is 11.9. The summed E-state index contributed by atoms with van der Waals surface area (Å²) < 4.78 is 0. The van der Waals surface area contributed by atoms with Crippen LogP contribution < -0.4 is 0 Å². The molecule has 4 nitrogen and oxygen atoms in total. The molecule has 0 bridgehead atoms. The Hall–Kier alpha value is -0.610. The number of carbonyl (C=O) groups excluding carboxylic acids is 1. The Morgan fingerprint density at radius 1 is 1.38 bits per heavy atom. The van der Waals surface area contributed by atoms with E-state index in [1.54, 1.807) is 4.90 Å². The van der Waals surface area contributed by atoms with Crippen LogP contribution in [0.15, 0.2) is 0 Å². The molecule has 0 aliphatic carbocycles. The predicted molar refractivity (Wildman–Crippen MR) is 62.1 cm³/mol. The summed E-state index contributed by atoms with van der Waals surface area (Å²) in [4.78, 5) is 15.7. The summed E-state index contributed by atoms with van der Waals surface area (Å²) in [6, 6.07) is 0.649. The molecule has 2 rings (SSSR count). The van der Waals surface area contributed by atoms with Crippen molar-refractivity contribution >= 4 is 5.91 Å². The van der Waals surface area contributed by atoms with Crippen molar-refractivity contribution in [2.45, 2.75) is 44.8 Å². The Kier molecular flexibility index (Phi) is 3.82. The molecule has 0 spiro atoms. The van der Waals surface area contributed by atoms with Crippen molar-refractivity contribution < 1.29 is 9.90 Å². The Morgan fingerprint density at radius 2 is 2.19 bits per heavy atom. The van der Waals surface area contributed by atoms with E-state index >= 15 is 0 Å². The molecule has 1 amide bonds. The highest BCUT2D eigenvalue weighted by molar-refractivity contribution is 5.78. The summed E-state index contributed by atoms with van der Waals surface area (Å²) in [6.07, 6.45) is 3.76. The van der Waals surface area contributed by atoms with Crippen LogP contribution in [0.5, 0.6) is 0 Å². The van der Waals surface area contributed by atoms with Crippen molar-refractivity contribution in [3.8, 4) is 0 Å². The van der Waals surface area contributed by atoms with E-state index in [9.17, 15) is 9.90 Å². The molecule has 92 valence electrons. The van der Waals surface area contributed by atoms with Crippen LogP contribution in [0.3, 0.4) is 0 Å². The summed E-state index contributed by atoms with van der Waals surface area (Å²) in [5.41, 5.74) is 0. The number of amides is 1. The van der Waals surface area contributed by atoms with E-state index in [0.29, 0.717) is 19.0 Å². The molecule has 2 fully saturated rings. The van der Waals surface area contributed by atoms with Gasteiger partial charge in [-0.25, -0.2) is 0 Å². The van der Waals surface area contributed by atoms with Gasteiger partial charge in [-0.15, -0.1) is 0 Å². The molecule has 0 saturated carbocycles. The highest BCUT2D eigenvalue weighted by Gasteiger charge is 2.28. The lowest BCUT2D eigenvalue weighted by molar-refractivity contribution is -0.128. The normalized spacial score (nSPS) is 32.4. The second-order valence-electron chi connectivity index (χ2n) is 5.08. The van der Waals surface area contributed by atoms with Crippen LogP contribution in [0, 0.1) is 0 Å². The minimum absolute atomic E-state index is 0.108. The zero-order chi connectivity index (χ0) is 11.5. The van der Waals surface area contributed by atoms with E-state index in [0.717, 1.165) is 19.6 Å². The number of likely N-dealkylation sites (tertiary alicyclic amines) is 2. The number of aliphatic hydroxyl groups excluding tert-OH is 1. The third-order valence-corrected chi connectivity index (χ3v) is 3.79. The maximum atomic E-state index is 11.5. The maximum Gasteiger partial charge on any atom is 0.225 e. The number of aliphatic hydroxyl groups is 1. The molecule has 1 N–H and O–H groups in total. The van der Waals surface area contributed by atoms with E-state index in [1.165, 1.54) is 19.3 Å². The lowest BCUT2D eigenvalue weighted by atomic mass is 10.0. The van der Waals surface area contributed by atoms with Gasteiger partial charge in [0.05, 0.1) is 12.5 Å². The van der Waals surface area contributed by atoms with Crippen LogP contribution in [-0.2, 0) is 4.79 Å². The van der Waals surface area contributed by atoms with Crippen molar-refractivity contribution in [1.29, 1.82) is 0 Å². The minimum Gasteiger partial charge on any atom is -0.391 e. The van der Waals surface area contributed by atoms with Gasteiger partial charge in [0, 0.05) is 25.7 Å². The van der Waals surface area contributed by atoms with E-state index in [4.69, 9.17) is 0 Å². The number of carbonyl (C=O) groups is 1. The first-order valence-corrected chi connectivity index (χ1v) is 6.36.